The number of primary amides is 1. The fraction of sp³-hybridized carbons (Fsp3) is 0.200. The number of hydrogen-bond acceptors (Lipinski definition) is 2. The minimum Gasteiger partial charge on any atom is -0.368 e. The quantitative estimate of drug-likeness (QED) is 0.734. The number of hydrogen-bond donors (Lipinski definition) is 2. The fourth-order valence-electron chi connectivity index (χ4n) is 2.61. The summed E-state index contributed by atoms with van der Waals surface area (Å²) in [5, 5.41) is 2.79. The van der Waals surface area contributed by atoms with Crippen molar-refractivity contribution in [2.45, 2.75) is 24.8 Å². The molecule has 2 aromatic rings. The maximum absolute atomic E-state index is 12.9. The van der Waals surface area contributed by atoms with Gasteiger partial charge < -0.3 is 11.1 Å². The first kappa shape index (κ1) is 17.5. The first-order valence-electron chi connectivity index (χ1n) is 7.94. The Hall–Kier alpha value is -2.88. The lowest BCUT2D eigenvalue weighted by Gasteiger charge is -2.21. The van der Waals surface area contributed by atoms with Gasteiger partial charge in [0.1, 0.15) is 6.04 Å². The smallest absolute Gasteiger partial charge is 0.240 e. The maximum Gasteiger partial charge on any atom is 0.240 e. The molecule has 0 spiro atoms. The Morgan fingerprint density at radius 1 is 1.00 bits per heavy atom. The minimum absolute atomic E-state index is 0.236. The van der Waals surface area contributed by atoms with E-state index in [0.717, 1.165) is 11.1 Å². The van der Waals surface area contributed by atoms with Crippen molar-refractivity contribution >= 4 is 11.8 Å². The van der Waals surface area contributed by atoms with Crippen LogP contribution in [0.5, 0.6) is 0 Å². The van der Waals surface area contributed by atoms with E-state index in [-0.39, 0.29) is 5.91 Å². The zero-order valence-corrected chi connectivity index (χ0v) is 13.5. The average Bonchev–Trinajstić information content (AvgIpc) is 2.60. The summed E-state index contributed by atoms with van der Waals surface area (Å²) in [4.78, 5) is 24.5. The van der Waals surface area contributed by atoms with Gasteiger partial charge in [-0.3, -0.25) is 9.59 Å². The Kier molecular flexibility index (Phi) is 6.32. The highest BCUT2D eigenvalue weighted by Crippen LogP contribution is 2.25. The van der Waals surface area contributed by atoms with Crippen LogP contribution in [0.1, 0.15) is 29.9 Å². The average molecular weight is 322 g/mol. The summed E-state index contributed by atoms with van der Waals surface area (Å²) in [6.07, 6.45) is 2.75. The van der Waals surface area contributed by atoms with Crippen LogP contribution in [-0.2, 0) is 9.59 Å². The molecular weight excluding hydrogens is 300 g/mol. The highest BCUT2D eigenvalue weighted by atomic mass is 16.2. The van der Waals surface area contributed by atoms with Gasteiger partial charge >= 0.3 is 0 Å². The van der Waals surface area contributed by atoms with Crippen molar-refractivity contribution < 1.29 is 9.59 Å². The summed E-state index contributed by atoms with van der Waals surface area (Å²) in [7, 11) is 0. The summed E-state index contributed by atoms with van der Waals surface area (Å²) >= 11 is 0. The van der Waals surface area contributed by atoms with E-state index < -0.39 is 17.9 Å². The minimum atomic E-state index is -0.703. The topological polar surface area (TPSA) is 72.2 Å². The van der Waals surface area contributed by atoms with Crippen LogP contribution in [0.4, 0.5) is 0 Å². The lowest BCUT2D eigenvalue weighted by atomic mass is 9.90. The van der Waals surface area contributed by atoms with Crippen molar-refractivity contribution in [2.24, 2.45) is 5.73 Å². The van der Waals surface area contributed by atoms with Crippen molar-refractivity contribution in [1.29, 1.82) is 0 Å². The van der Waals surface area contributed by atoms with Gasteiger partial charge in [-0.05, 0) is 24.0 Å². The van der Waals surface area contributed by atoms with E-state index in [9.17, 15) is 9.59 Å². The highest BCUT2D eigenvalue weighted by molar-refractivity contribution is 5.91. The van der Waals surface area contributed by atoms with Crippen molar-refractivity contribution in [1.82, 2.24) is 5.32 Å². The molecule has 0 saturated carbocycles. The van der Waals surface area contributed by atoms with Crippen LogP contribution in [0.3, 0.4) is 0 Å². The van der Waals surface area contributed by atoms with Crippen LogP contribution in [0.25, 0.3) is 0 Å². The van der Waals surface area contributed by atoms with Gasteiger partial charge in [0.05, 0.1) is 5.92 Å². The number of nitrogens with one attached hydrogen (secondary N) is 1. The normalized spacial score (nSPS) is 11.7. The number of benzene rings is 2. The number of carbonyl (C=O) groups is 2. The van der Waals surface area contributed by atoms with Crippen LogP contribution in [0.2, 0.25) is 0 Å². The Morgan fingerprint density at radius 3 is 1.92 bits per heavy atom. The molecule has 0 unspecified atom stereocenters. The third kappa shape index (κ3) is 4.56. The van der Waals surface area contributed by atoms with E-state index in [2.05, 4.69) is 11.9 Å². The van der Waals surface area contributed by atoms with Crippen LogP contribution < -0.4 is 11.1 Å². The van der Waals surface area contributed by atoms with Crippen LogP contribution in [-0.4, -0.2) is 17.9 Å². The van der Waals surface area contributed by atoms with Crippen molar-refractivity contribution in [3.05, 3.63) is 84.4 Å². The Balaban J connectivity index is 2.28. The molecule has 2 amide bonds. The summed E-state index contributed by atoms with van der Waals surface area (Å²) in [6, 6.07) is 18.3. The molecule has 2 rings (SSSR count). The second-order valence-electron chi connectivity index (χ2n) is 5.58. The number of carbonyl (C=O) groups excluding carboxylic acids is 2. The molecule has 0 radical (unpaired) electrons. The van der Waals surface area contributed by atoms with Crippen molar-refractivity contribution in [2.75, 3.05) is 0 Å². The summed E-state index contributed by atoms with van der Waals surface area (Å²) in [5.41, 5.74) is 7.15. The Labute approximate surface area is 142 Å². The molecule has 1 atom stereocenters. The molecule has 124 valence electrons. The largest absolute Gasteiger partial charge is 0.368 e. The fourth-order valence-corrected chi connectivity index (χ4v) is 2.61. The van der Waals surface area contributed by atoms with Gasteiger partial charge in [0.15, 0.2) is 0 Å². The first-order valence-corrected chi connectivity index (χ1v) is 7.94. The standard InChI is InChI=1S/C20H22N2O2/c1-2-3-14-17(19(21)23)22-20(24)18(15-10-6-4-7-11-15)16-12-8-5-9-13-16/h2,4-13,17-18H,1,3,14H2,(H2,21,23)(H,22,24)/t17-/m0/s1. The number of amides is 2. The van der Waals surface area contributed by atoms with E-state index in [1.807, 2.05) is 60.7 Å². The lowest BCUT2D eigenvalue weighted by Crippen LogP contribution is -2.46. The zero-order chi connectivity index (χ0) is 17.4. The molecule has 0 saturated heterocycles. The van der Waals surface area contributed by atoms with E-state index in [0.29, 0.717) is 12.8 Å². The molecule has 3 N–H and O–H groups in total. The van der Waals surface area contributed by atoms with Gasteiger partial charge in [0, 0.05) is 0 Å². The van der Waals surface area contributed by atoms with Crippen LogP contribution in [0.15, 0.2) is 73.3 Å². The zero-order valence-electron chi connectivity index (χ0n) is 13.5. The van der Waals surface area contributed by atoms with E-state index in [1.54, 1.807) is 6.08 Å². The number of rotatable bonds is 8. The molecule has 24 heavy (non-hydrogen) atoms. The Bertz CT molecular complexity index is 644. The van der Waals surface area contributed by atoms with E-state index in [1.165, 1.54) is 0 Å². The molecule has 4 heteroatoms. The molecule has 4 nitrogen and oxygen atoms in total. The van der Waals surface area contributed by atoms with E-state index in [4.69, 9.17) is 5.73 Å². The van der Waals surface area contributed by atoms with Gasteiger partial charge in [0.25, 0.3) is 0 Å². The van der Waals surface area contributed by atoms with Crippen LogP contribution in [0, 0.1) is 0 Å². The predicted molar refractivity (Wildman–Crippen MR) is 95.3 cm³/mol. The number of nitrogens with two attached hydrogens (primary N) is 1. The SMILES string of the molecule is C=CCC[C@H](NC(=O)C(c1ccccc1)c1ccccc1)C(N)=O. The maximum atomic E-state index is 12.9. The second kappa shape index (κ2) is 8.67. The summed E-state index contributed by atoms with van der Waals surface area (Å²) < 4.78 is 0. The molecule has 0 aliphatic rings. The van der Waals surface area contributed by atoms with Crippen LogP contribution >= 0.6 is 0 Å². The Morgan fingerprint density at radius 2 is 1.50 bits per heavy atom. The predicted octanol–water partition coefficient (Wildman–Crippen LogP) is 2.75. The van der Waals surface area contributed by atoms with Gasteiger partial charge in [-0.15, -0.1) is 6.58 Å². The van der Waals surface area contributed by atoms with Gasteiger partial charge in [-0.1, -0.05) is 66.7 Å². The van der Waals surface area contributed by atoms with Crippen molar-refractivity contribution in [3.8, 4) is 0 Å². The molecule has 0 heterocycles. The third-order valence-electron chi connectivity index (χ3n) is 3.85. The molecule has 0 bridgehead atoms. The first-order chi connectivity index (χ1) is 11.6. The van der Waals surface area contributed by atoms with Gasteiger partial charge in [-0.25, -0.2) is 0 Å². The molecule has 0 aromatic heterocycles. The summed E-state index contributed by atoms with van der Waals surface area (Å²) in [5.74, 6) is -1.26. The lowest BCUT2D eigenvalue weighted by molar-refractivity contribution is -0.127. The summed E-state index contributed by atoms with van der Waals surface area (Å²) in [6.45, 7) is 3.64. The second-order valence-corrected chi connectivity index (χ2v) is 5.58. The van der Waals surface area contributed by atoms with Gasteiger partial charge in [-0.2, -0.15) is 0 Å². The monoisotopic (exact) mass is 322 g/mol. The van der Waals surface area contributed by atoms with Gasteiger partial charge in [0.2, 0.25) is 11.8 Å². The third-order valence-corrected chi connectivity index (χ3v) is 3.85. The van der Waals surface area contributed by atoms with E-state index >= 15 is 0 Å². The molecular formula is C20H22N2O2. The molecule has 0 aliphatic carbocycles. The molecule has 0 aliphatic heterocycles. The van der Waals surface area contributed by atoms with Crippen molar-refractivity contribution in [3.63, 3.8) is 0 Å². The number of allylic oxidation sites excluding steroid dienone is 1. The highest BCUT2D eigenvalue weighted by Gasteiger charge is 2.26. The molecule has 2 aromatic carbocycles. The molecule has 0 fully saturated rings.